The van der Waals surface area contributed by atoms with Crippen LogP contribution in [0.4, 0.5) is 0 Å². The molecule has 122 valence electrons. The van der Waals surface area contributed by atoms with Gasteiger partial charge in [0.25, 0.3) is 0 Å². The number of methoxy groups -OCH3 is 1. The Kier molecular flexibility index (Phi) is 4.86. The molecule has 0 aliphatic carbocycles. The number of ether oxygens (including phenoxy) is 1. The first-order valence-electron chi connectivity index (χ1n) is 7.56. The molecule has 0 saturated carbocycles. The highest BCUT2D eigenvalue weighted by Gasteiger charge is 2.15. The number of nitrogens with zero attached hydrogens (tertiary/aromatic N) is 2. The monoisotopic (exact) mass is 323 g/mol. The van der Waals surface area contributed by atoms with E-state index in [0.717, 1.165) is 16.9 Å². The minimum absolute atomic E-state index is 0.0421. The number of amides is 1. The molecule has 6 nitrogen and oxygen atoms in total. The lowest BCUT2D eigenvalue weighted by Gasteiger charge is -2.05. The highest BCUT2D eigenvalue weighted by Crippen LogP contribution is 2.17. The molecule has 0 aliphatic rings. The fourth-order valence-electron chi connectivity index (χ4n) is 2.24. The van der Waals surface area contributed by atoms with Gasteiger partial charge in [-0.25, -0.2) is 0 Å². The summed E-state index contributed by atoms with van der Waals surface area (Å²) in [4.78, 5) is 12.1. The summed E-state index contributed by atoms with van der Waals surface area (Å²) in [6.07, 6.45) is 0.683. The van der Waals surface area contributed by atoms with Crippen molar-refractivity contribution in [2.45, 2.75) is 6.42 Å². The van der Waals surface area contributed by atoms with Crippen LogP contribution in [0.1, 0.15) is 16.2 Å². The minimum Gasteiger partial charge on any atom is -0.497 e. The molecule has 3 rings (SSSR count). The average Bonchev–Trinajstić information content (AvgIpc) is 3.13. The lowest BCUT2D eigenvalue weighted by molar-refractivity contribution is 0.0920. The van der Waals surface area contributed by atoms with Gasteiger partial charge in [0.05, 0.1) is 7.11 Å². The molecule has 0 radical (unpaired) electrons. The molecule has 6 heteroatoms. The molecule has 0 saturated heterocycles. The number of benzene rings is 2. The van der Waals surface area contributed by atoms with Crippen LogP contribution in [0, 0.1) is 0 Å². The molecule has 1 heterocycles. The van der Waals surface area contributed by atoms with Crippen LogP contribution in [-0.2, 0) is 6.42 Å². The summed E-state index contributed by atoms with van der Waals surface area (Å²) in [6.45, 7) is 0.467. The SMILES string of the molecule is COc1cccc(CCNC(=O)c2nnc(-c3ccccc3)o2)c1. The first-order valence-corrected chi connectivity index (χ1v) is 7.56. The Hall–Kier alpha value is -3.15. The summed E-state index contributed by atoms with van der Waals surface area (Å²) in [5.74, 6) is 0.698. The molecule has 3 aromatic rings. The van der Waals surface area contributed by atoms with Gasteiger partial charge in [-0.05, 0) is 36.2 Å². The third-order valence-electron chi connectivity index (χ3n) is 3.47. The maximum atomic E-state index is 12.1. The number of rotatable bonds is 6. The van der Waals surface area contributed by atoms with Crippen LogP contribution in [0.5, 0.6) is 5.75 Å². The topological polar surface area (TPSA) is 77.2 Å². The van der Waals surface area contributed by atoms with E-state index in [1.54, 1.807) is 7.11 Å². The molecule has 1 N–H and O–H groups in total. The number of hydrogen-bond acceptors (Lipinski definition) is 5. The Labute approximate surface area is 139 Å². The van der Waals surface area contributed by atoms with Crippen molar-refractivity contribution in [2.24, 2.45) is 0 Å². The molecule has 24 heavy (non-hydrogen) atoms. The normalized spacial score (nSPS) is 10.4. The minimum atomic E-state index is -0.382. The summed E-state index contributed by atoms with van der Waals surface area (Å²) in [7, 11) is 1.63. The van der Waals surface area contributed by atoms with E-state index in [2.05, 4.69) is 15.5 Å². The average molecular weight is 323 g/mol. The summed E-state index contributed by atoms with van der Waals surface area (Å²) < 4.78 is 10.6. The Morgan fingerprint density at radius 1 is 1.12 bits per heavy atom. The van der Waals surface area contributed by atoms with Crippen molar-refractivity contribution in [1.82, 2.24) is 15.5 Å². The first-order chi connectivity index (χ1) is 11.8. The van der Waals surface area contributed by atoms with Gasteiger partial charge in [0.2, 0.25) is 5.89 Å². The number of carbonyl (C=O) groups is 1. The Morgan fingerprint density at radius 2 is 1.96 bits per heavy atom. The van der Waals surface area contributed by atoms with Crippen LogP contribution in [-0.4, -0.2) is 29.8 Å². The van der Waals surface area contributed by atoms with Gasteiger partial charge in [-0.15, -0.1) is 10.2 Å². The van der Waals surface area contributed by atoms with Crippen LogP contribution in [0.2, 0.25) is 0 Å². The van der Waals surface area contributed by atoms with E-state index in [1.807, 2.05) is 54.6 Å². The standard InChI is InChI=1S/C18H17N3O3/c1-23-15-9-5-6-13(12-15)10-11-19-16(22)18-21-20-17(24-18)14-7-3-2-4-8-14/h2-9,12H,10-11H2,1H3,(H,19,22). The Balaban J connectivity index is 1.56. The number of carbonyl (C=O) groups excluding carboxylic acids is 1. The van der Waals surface area contributed by atoms with E-state index < -0.39 is 0 Å². The predicted molar refractivity (Wildman–Crippen MR) is 88.8 cm³/mol. The lowest BCUT2D eigenvalue weighted by Crippen LogP contribution is -2.26. The smallest absolute Gasteiger partial charge is 0.308 e. The molecule has 0 aliphatic heterocycles. The third kappa shape index (κ3) is 3.78. The summed E-state index contributed by atoms with van der Waals surface area (Å²) in [5, 5.41) is 10.5. The van der Waals surface area contributed by atoms with E-state index in [9.17, 15) is 4.79 Å². The second kappa shape index (κ2) is 7.41. The van der Waals surface area contributed by atoms with E-state index in [4.69, 9.17) is 9.15 Å². The van der Waals surface area contributed by atoms with E-state index >= 15 is 0 Å². The Bertz CT molecular complexity index is 815. The van der Waals surface area contributed by atoms with Crippen LogP contribution >= 0.6 is 0 Å². The van der Waals surface area contributed by atoms with Gasteiger partial charge in [-0.3, -0.25) is 4.79 Å². The van der Waals surface area contributed by atoms with Crippen LogP contribution in [0.3, 0.4) is 0 Å². The van der Waals surface area contributed by atoms with Gasteiger partial charge in [0.1, 0.15) is 5.75 Å². The predicted octanol–water partition coefficient (Wildman–Crippen LogP) is 2.72. The fraction of sp³-hybridized carbons (Fsp3) is 0.167. The molecule has 1 amide bonds. The van der Waals surface area contributed by atoms with Crippen molar-refractivity contribution in [2.75, 3.05) is 13.7 Å². The van der Waals surface area contributed by atoms with Gasteiger partial charge in [-0.1, -0.05) is 30.3 Å². The molecular formula is C18H17N3O3. The van der Waals surface area contributed by atoms with E-state index in [-0.39, 0.29) is 11.8 Å². The molecule has 0 bridgehead atoms. The third-order valence-corrected chi connectivity index (χ3v) is 3.47. The van der Waals surface area contributed by atoms with Crippen LogP contribution < -0.4 is 10.1 Å². The lowest BCUT2D eigenvalue weighted by atomic mass is 10.1. The van der Waals surface area contributed by atoms with Crippen LogP contribution in [0.15, 0.2) is 59.0 Å². The van der Waals surface area contributed by atoms with Gasteiger partial charge in [0.15, 0.2) is 0 Å². The molecule has 0 atom stereocenters. The number of nitrogens with one attached hydrogen (secondary N) is 1. The van der Waals surface area contributed by atoms with E-state index in [0.29, 0.717) is 18.9 Å². The second-order valence-corrected chi connectivity index (χ2v) is 5.14. The zero-order valence-electron chi connectivity index (χ0n) is 13.2. The summed E-state index contributed by atoms with van der Waals surface area (Å²) in [6, 6.07) is 17.0. The van der Waals surface area contributed by atoms with Gasteiger partial charge in [0, 0.05) is 12.1 Å². The van der Waals surface area contributed by atoms with Crippen molar-refractivity contribution in [1.29, 1.82) is 0 Å². The molecular weight excluding hydrogens is 306 g/mol. The van der Waals surface area contributed by atoms with Crippen molar-refractivity contribution < 1.29 is 13.9 Å². The van der Waals surface area contributed by atoms with Crippen molar-refractivity contribution in [3.63, 3.8) is 0 Å². The zero-order chi connectivity index (χ0) is 16.8. The van der Waals surface area contributed by atoms with Crippen molar-refractivity contribution >= 4 is 5.91 Å². The van der Waals surface area contributed by atoms with Crippen LogP contribution in [0.25, 0.3) is 11.5 Å². The highest BCUT2D eigenvalue weighted by molar-refractivity contribution is 5.89. The Morgan fingerprint density at radius 3 is 2.75 bits per heavy atom. The largest absolute Gasteiger partial charge is 0.497 e. The molecule has 0 spiro atoms. The van der Waals surface area contributed by atoms with E-state index in [1.165, 1.54) is 0 Å². The maximum Gasteiger partial charge on any atom is 0.308 e. The van der Waals surface area contributed by atoms with Crippen molar-refractivity contribution in [3.05, 3.63) is 66.1 Å². The number of aromatic nitrogens is 2. The first kappa shape index (κ1) is 15.7. The van der Waals surface area contributed by atoms with Gasteiger partial charge in [-0.2, -0.15) is 0 Å². The fourth-order valence-corrected chi connectivity index (χ4v) is 2.24. The molecule has 1 aromatic heterocycles. The molecule has 2 aromatic carbocycles. The number of hydrogen-bond donors (Lipinski definition) is 1. The quantitative estimate of drug-likeness (QED) is 0.755. The zero-order valence-corrected chi connectivity index (χ0v) is 13.2. The highest BCUT2D eigenvalue weighted by atomic mass is 16.5. The summed E-state index contributed by atoms with van der Waals surface area (Å²) in [5.41, 5.74) is 1.85. The van der Waals surface area contributed by atoms with Crippen molar-refractivity contribution in [3.8, 4) is 17.2 Å². The molecule has 0 unspecified atom stereocenters. The van der Waals surface area contributed by atoms with Gasteiger partial charge >= 0.3 is 11.8 Å². The maximum absolute atomic E-state index is 12.1. The molecule has 0 fully saturated rings. The summed E-state index contributed by atoms with van der Waals surface area (Å²) >= 11 is 0. The second-order valence-electron chi connectivity index (χ2n) is 5.14. The van der Waals surface area contributed by atoms with Gasteiger partial charge < -0.3 is 14.5 Å².